The van der Waals surface area contributed by atoms with Crippen LogP contribution >= 0.6 is 0 Å². The number of aryl methyl sites for hydroxylation is 1. The molecule has 3 aromatic rings. The Morgan fingerprint density at radius 1 is 1.05 bits per heavy atom. The van der Waals surface area contributed by atoms with Crippen LogP contribution in [0.15, 0.2) is 59.6 Å². The number of fused-ring (bicyclic) bond motifs is 6. The normalized spacial score (nSPS) is 21.4. The lowest BCUT2D eigenvalue weighted by atomic mass is 9.96. The first-order chi connectivity index (χ1) is 21.3. The summed E-state index contributed by atoms with van der Waals surface area (Å²) in [5, 5.41) is -0.563. The molecule has 214 valence electrons. The molecule has 1 aliphatic rings. The van der Waals surface area contributed by atoms with Gasteiger partial charge < -0.3 is 9.69 Å². The van der Waals surface area contributed by atoms with E-state index in [9.17, 15) is 26.4 Å². The summed E-state index contributed by atoms with van der Waals surface area (Å²) in [5.74, 6) is -0.859. The molecule has 0 spiro atoms. The van der Waals surface area contributed by atoms with E-state index in [2.05, 4.69) is 14.7 Å². The third-order valence-electron chi connectivity index (χ3n) is 6.07. The van der Waals surface area contributed by atoms with Crippen molar-refractivity contribution in [2.24, 2.45) is 0 Å². The highest BCUT2D eigenvalue weighted by molar-refractivity contribution is 7.92. The third-order valence-corrected chi connectivity index (χ3v) is 7.32. The van der Waals surface area contributed by atoms with Crippen molar-refractivity contribution in [3.8, 4) is 11.3 Å². The van der Waals surface area contributed by atoms with E-state index in [1.165, 1.54) is 48.2 Å². The molecule has 7 nitrogen and oxygen atoms in total. The van der Waals surface area contributed by atoms with Crippen molar-refractivity contribution in [1.29, 1.82) is 0 Å². The van der Waals surface area contributed by atoms with Crippen LogP contribution in [0.2, 0.25) is 0 Å². The number of carbonyl (C=O) groups excluding carboxylic acids is 1. The minimum atomic E-state index is -4.98. The number of alkyl halides is 3. The first kappa shape index (κ1) is 22.2. The van der Waals surface area contributed by atoms with Gasteiger partial charge in [-0.1, -0.05) is 49.6 Å². The minimum absolute atomic E-state index is 0.0113. The van der Waals surface area contributed by atoms with Crippen LogP contribution in [0.25, 0.3) is 11.3 Å². The van der Waals surface area contributed by atoms with E-state index in [0.717, 1.165) is 12.1 Å². The highest BCUT2D eigenvalue weighted by Crippen LogP contribution is 2.38. The maximum atomic E-state index is 14.2. The number of hydrogen-bond acceptors (Lipinski definition) is 6. The number of Topliss-reactive ketones (excluding diaryl/α,β-unsaturated/α-hetero) is 1. The fourth-order valence-corrected chi connectivity index (χ4v) is 5.07. The fraction of sp³-hybridized carbons (Fsp3) is 0.414. The molecule has 0 saturated heterocycles. The smallest absolute Gasteiger partial charge is 0.357 e. The van der Waals surface area contributed by atoms with Crippen LogP contribution in [-0.2, 0) is 27.4 Å². The molecule has 11 heteroatoms. The number of pyridine rings is 2. The fourth-order valence-electron chi connectivity index (χ4n) is 4.10. The standard InChI is InChI=1S/C29H33F3N4O3S/c1-21(37)11-10-20-36-19-8-4-2-3-5-12-22-13-6-7-14-23(22)28-24(29(30,31)32)17-18-25(33-28)35-40(38,39)27-16-9-15-26(36)34-27/h6-7,9,13-18H,2-5,8,10-12,19-20H2,1H3,(H,33,35)/i5D2,12D2,20D2. The van der Waals surface area contributed by atoms with Crippen LogP contribution in [-0.4, -0.2) is 37.2 Å². The Hall–Kier alpha value is -3.47. The van der Waals surface area contributed by atoms with Crippen LogP contribution < -0.4 is 9.62 Å². The SMILES string of the molecule is [2H]C([2H])(CCC(C)=O)N1CCCCCC([2H])([2H])C([2H])([2H])c2ccccc2-c2nc(ccc2C(F)(F)F)NS(=O)(=O)c2cccc1n2. The Morgan fingerprint density at radius 2 is 1.82 bits per heavy atom. The maximum Gasteiger partial charge on any atom is 0.418 e. The van der Waals surface area contributed by atoms with Gasteiger partial charge in [0.25, 0.3) is 10.0 Å². The largest absolute Gasteiger partial charge is 0.418 e. The summed E-state index contributed by atoms with van der Waals surface area (Å²) in [4.78, 5) is 21.0. The van der Waals surface area contributed by atoms with Gasteiger partial charge >= 0.3 is 6.18 Å². The minimum Gasteiger partial charge on any atom is -0.357 e. The van der Waals surface area contributed by atoms with Gasteiger partial charge in [-0.25, -0.2) is 9.97 Å². The van der Waals surface area contributed by atoms with Crippen molar-refractivity contribution in [3.63, 3.8) is 0 Å². The molecule has 0 saturated carbocycles. The van der Waals surface area contributed by atoms with Crippen molar-refractivity contribution >= 4 is 27.4 Å². The highest BCUT2D eigenvalue weighted by atomic mass is 32.2. The van der Waals surface area contributed by atoms with Crippen molar-refractivity contribution in [2.45, 2.75) is 69.4 Å². The average Bonchev–Trinajstić information content (AvgIpc) is 2.96. The Kier molecular flexibility index (Phi) is 7.12. The van der Waals surface area contributed by atoms with Crippen molar-refractivity contribution < 1.29 is 34.6 Å². The molecule has 1 N–H and O–H groups in total. The number of rotatable bonds is 4. The number of aromatic nitrogens is 2. The molecular weight excluding hydrogens is 541 g/mol. The lowest BCUT2D eigenvalue weighted by Crippen LogP contribution is -2.28. The number of hydrogen-bond donors (Lipinski definition) is 1. The summed E-state index contributed by atoms with van der Waals surface area (Å²) >= 11 is 0. The Morgan fingerprint density at radius 3 is 2.60 bits per heavy atom. The van der Waals surface area contributed by atoms with E-state index < -0.39 is 63.1 Å². The summed E-state index contributed by atoms with van der Waals surface area (Å²) in [6.45, 7) is -0.815. The maximum absolute atomic E-state index is 14.2. The lowest BCUT2D eigenvalue weighted by Gasteiger charge is -2.24. The van der Waals surface area contributed by atoms with Gasteiger partial charge in [0.05, 0.1) is 11.3 Å². The number of halogens is 3. The van der Waals surface area contributed by atoms with E-state index in [4.69, 9.17) is 8.22 Å². The van der Waals surface area contributed by atoms with E-state index >= 15 is 0 Å². The third kappa shape index (κ3) is 7.59. The van der Waals surface area contributed by atoms with E-state index in [0.29, 0.717) is 12.5 Å². The second-order valence-corrected chi connectivity index (χ2v) is 10.8. The van der Waals surface area contributed by atoms with Crippen molar-refractivity contribution in [2.75, 3.05) is 22.7 Å². The van der Waals surface area contributed by atoms with Crippen molar-refractivity contribution in [3.05, 3.63) is 65.7 Å². The Bertz CT molecular complexity index is 1710. The summed E-state index contributed by atoms with van der Waals surface area (Å²) in [6.07, 6.45) is -10.2. The molecule has 2 aromatic heterocycles. The van der Waals surface area contributed by atoms with Crippen LogP contribution in [0.3, 0.4) is 0 Å². The zero-order chi connectivity index (χ0) is 34.1. The van der Waals surface area contributed by atoms with Crippen LogP contribution in [0.4, 0.5) is 24.8 Å². The molecule has 3 heterocycles. The zero-order valence-corrected chi connectivity index (χ0v) is 22.6. The topological polar surface area (TPSA) is 92.3 Å². The Labute approximate surface area is 241 Å². The summed E-state index contributed by atoms with van der Waals surface area (Å²) in [5.41, 5.74) is -2.82. The first-order valence-electron chi connectivity index (χ1n) is 15.7. The van der Waals surface area contributed by atoms with Gasteiger partial charge in [0, 0.05) is 33.3 Å². The molecule has 0 fully saturated rings. The molecule has 4 bridgehead atoms. The number of ketones is 1. The molecule has 0 aliphatic carbocycles. The summed E-state index contributed by atoms with van der Waals surface area (Å²) in [6, 6.07) is 10.3. The number of carbonyl (C=O) groups is 1. The van der Waals surface area contributed by atoms with Gasteiger partial charge in [-0.15, -0.1) is 0 Å². The monoisotopic (exact) mass is 580 g/mol. The molecule has 1 aromatic carbocycles. The number of benzene rings is 1. The number of sulfonamides is 1. The van der Waals surface area contributed by atoms with E-state index in [-0.39, 0.29) is 55.8 Å². The number of nitrogens with zero attached hydrogens (tertiary/aromatic N) is 3. The van der Waals surface area contributed by atoms with Gasteiger partial charge in [-0.3, -0.25) is 4.72 Å². The lowest BCUT2D eigenvalue weighted by molar-refractivity contribution is -0.137. The predicted molar refractivity (Wildman–Crippen MR) is 149 cm³/mol. The molecule has 40 heavy (non-hydrogen) atoms. The van der Waals surface area contributed by atoms with E-state index in [1.54, 1.807) is 0 Å². The van der Waals surface area contributed by atoms with Crippen LogP contribution in [0.1, 0.15) is 71.2 Å². The second kappa shape index (κ2) is 12.8. The van der Waals surface area contributed by atoms with Gasteiger partial charge in [0.15, 0.2) is 5.03 Å². The first-order valence-corrected chi connectivity index (χ1v) is 14.2. The molecule has 4 rings (SSSR count). The quantitative estimate of drug-likeness (QED) is 0.372. The van der Waals surface area contributed by atoms with Crippen molar-refractivity contribution in [1.82, 2.24) is 9.97 Å². The second-order valence-electron chi connectivity index (χ2n) is 9.20. The zero-order valence-electron chi connectivity index (χ0n) is 27.8. The number of nitrogens with one attached hydrogen (secondary N) is 1. The average molecular weight is 581 g/mol. The van der Waals surface area contributed by atoms with Crippen LogP contribution in [0.5, 0.6) is 0 Å². The number of anilines is 2. The molecule has 0 radical (unpaired) electrons. The Balaban J connectivity index is 1.91. The highest BCUT2D eigenvalue weighted by Gasteiger charge is 2.35. The van der Waals surface area contributed by atoms with E-state index in [1.807, 2.05) is 0 Å². The molecule has 0 atom stereocenters. The summed E-state index contributed by atoms with van der Waals surface area (Å²) in [7, 11) is -4.60. The van der Waals surface area contributed by atoms with Gasteiger partial charge in [0.2, 0.25) is 0 Å². The summed E-state index contributed by atoms with van der Waals surface area (Å²) < 4.78 is 124. The molecule has 0 amide bonds. The molecule has 0 unspecified atom stereocenters. The van der Waals surface area contributed by atoms with Gasteiger partial charge in [0.1, 0.15) is 17.4 Å². The van der Waals surface area contributed by atoms with Crippen LogP contribution in [0, 0.1) is 0 Å². The molecule has 1 aliphatic heterocycles. The van der Waals surface area contributed by atoms with Gasteiger partial charge in [-0.2, -0.15) is 21.6 Å². The predicted octanol–water partition coefficient (Wildman–Crippen LogP) is 6.65. The molecular formula is C29H33F3N4O3S. The van der Waals surface area contributed by atoms with Gasteiger partial charge in [-0.05, 0) is 62.3 Å².